The molecule has 0 bridgehead atoms. The van der Waals surface area contributed by atoms with Gasteiger partial charge in [0.2, 0.25) is 0 Å². The van der Waals surface area contributed by atoms with Crippen molar-refractivity contribution in [2.45, 2.75) is 33.6 Å². The molecule has 0 spiro atoms. The summed E-state index contributed by atoms with van der Waals surface area (Å²) in [7, 11) is 0. The normalized spacial score (nSPS) is 15.5. The first-order valence-corrected chi connectivity index (χ1v) is 6.56. The van der Waals surface area contributed by atoms with E-state index in [9.17, 15) is 0 Å². The predicted octanol–water partition coefficient (Wildman–Crippen LogP) is 5.06. The van der Waals surface area contributed by atoms with Gasteiger partial charge in [-0.05, 0) is 56.9 Å². The molecule has 1 nitrogen and oxygen atoms in total. The van der Waals surface area contributed by atoms with Gasteiger partial charge in [0.25, 0.3) is 0 Å². The van der Waals surface area contributed by atoms with Crippen LogP contribution in [0.3, 0.4) is 0 Å². The highest BCUT2D eigenvalue weighted by Gasteiger charge is 2.06. The number of nitrogens with one attached hydrogen (secondary N) is 1. The van der Waals surface area contributed by atoms with Crippen LogP contribution in [-0.2, 0) is 0 Å². The van der Waals surface area contributed by atoms with Crippen LogP contribution in [0.25, 0.3) is 6.08 Å². The van der Waals surface area contributed by atoms with Gasteiger partial charge in [0.05, 0.1) is 0 Å². The van der Waals surface area contributed by atoms with E-state index in [1.807, 2.05) is 0 Å². The molecule has 1 N–H and O–H groups in total. The Labute approximate surface area is 110 Å². The van der Waals surface area contributed by atoms with Crippen molar-refractivity contribution in [2.75, 3.05) is 5.32 Å². The van der Waals surface area contributed by atoms with Crippen molar-refractivity contribution >= 4 is 11.8 Å². The van der Waals surface area contributed by atoms with Crippen LogP contribution >= 0.6 is 0 Å². The molecule has 1 aromatic carbocycles. The lowest BCUT2D eigenvalue weighted by Gasteiger charge is -2.17. The average Bonchev–Trinajstić information content (AvgIpc) is 2.37. The van der Waals surface area contributed by atoms with E-state index >= 15 is 0 Å². The molecular formula is C17H21N. The zero-order valence-electron chi connectivity index (χ0n) is 11.5. The Bertz CT molecular complexity index is 518. The van der Waals surface area contributed by atoms with E-state index in [4.69, 9.17) is 0 Å². The standard InChI is InChI=1S/C17H21N/c1-4-6-15-7-5-8-17(14(15)3)18-16-11-9-13(2)10-12-16/h4-9,11,18H,10,12H2,1-3H3/b6-4-. The highest BCUT2D eigenvalue weighted by molar-refractivity contribution is 5.65. The second kappa shape index (κ2) is 5.72. The summed E-state index contributed by atoms with van der Waals surface area (Å²) < 4.78 is 0. The molecule has 0 radical (unpaired) electrons. The largest absolute Gasteiger partial charge is 0.359 e. The van der Waals surface area contributed by atoms with Crippen LogP contribution in [0.4, 0.5) is 5.69 Å². The first-order valence-electron chi connectivity index (χ1n) is 6.56. The number of rotatable bonds is 3. The molecule has 0 aliphatic heterocycles. The lowest BCUT2D eigenvalue weighted by molar-refractivity contribution is 0.909. The van der Waals surface area contributed by atoms with Crippen LogP contribution in [0.1, 0.15) is 37.8 Å². The zero-order valence-corrected chi connectivity index (χ0v) is 11.5. The number of anilines is 1. The van der Waals surface area contributed by atoms with E-state index in [1.165, 1.54) is 28.1 Å². The van der Waals surface area contributed by atoms with Crippen LogP contribution in [0.2, 0.25) is 0 Å². The van der Waals surface area contributed by atoms with Gasteiger partial charge in [0.15, 0.2) is 0 Å². The monoisotopic (exact) mass is 239 g/mol. The smallest absolute Gasteiger partial charge is 0.0417 e. The van der Waals surface area contributed by atoms with Crippen LogP contribution in [0.5, 0.6) is 0 Å². The van der Waals surface area contributed by atoms with Gasteiger partial charge in [-0.1, -0.05) is 35.9 Å². The quantitative estimate of drug-likeness (QED) is 0.777. The number of benzene rings is 1. The van der Waals surface area contributed by atoms with Gasteiger partial charge < -0.3 is 5.32 Å². The molecule has 18 heavy (non-hydrogen) atoms. The first-order chi connectivity index (χ1) is 8.70. The Morgan fingerprint density at radius 3 is 2.61 bits per heavy atom. The van der Waals surface area contributed by atoms with Crippen LogP contribution < -0.4 is 5.32 Å². The molecule has 0 heterocycles. The molecular weight excluding hydrogens is 218 g/mol. The lowest BCUT2D eigenvalue weighted by atomic mass is 10.0. The van der Waals surface area contributed by atoms with Crippen LogP contribution in [0.15, 0.2) is 47.7 Å². The molecule has 94 valence electrons. The van der Waals surface area contributed by atoms with Gasteiger partial charge in [-0.15, -0.1) is 0 Å². The lowest BCUT2D eigenvalue weighted by Crippen LogP contribution is -2.04. The van der Waals surface area contributed by atoms with Crippen LogP contribution in [0, 0.1) is 6.92 Å². The molecule has 0 saturated heterocycles. The zero-order chi connectivity index (χ0) is 13.0. The fourth-order valence-corrected chi connectivity index (χ4v) is 2.17. The summed E-state index contributed by atoms with van der Waals surface area (Å²) in [4.78, 5) is 0. The van der Waals surface area contributed by atoms with Crippen molar-refractivity contribution in [1.82, 2.24) is 0 Å². The van der Waals surface area contributed by atoms with Crippen molar-refractivity contribution in [3.05, 3.63) is 58.8 Å². The molecule has 1 aliphatic rings. The number of allylic oxidation sites excluding steroid dienone is 5. The fraction of sp³-hybridized carbons (Fsp3) is 0.294. The Morgan fingerprint density at radius 1 is 1.11 bits per heavy atom. The molecule has 2 rings (SSSR count). The first kappa shape index (κ1) is 12.7. The minimum atomic E-state index is 1.11. The molecule has 1 heteroatoms. The van der Waals surface area contributed by atoms with E-state index in [1.54, 1.807) is 0 Å². The van der Waals surface area contributed by atoms with Gasteiger partial charge >= 0.3 is 0 Å². The third-order valence-electron chi connectivity index (χ3n) is 3.37. The molecule has 0 amide bonds. The molecule has 0 aromatic heterocycles. The Hall–Kier alpha value is -1.76. The predicted molar refractivity (Wildman–Crippen MR) is 80.6 cm³/mol. The molecule has 0 fully saturated rings. The molecule has 1 aliphatic carbocycles. The highest BCUT2D eigenvalue weighted by atomic mass is 14.9. The number of hydrogen-bond donors (Lipinski definition) is 1. The maximum Gasteiger partial charge on any atom is 0.0417 e. The SMILES string of the molecule is C/C=C\c1cccc(NC2=CC=C(C)CC2)c1C. The topological polar surface area (TPSA) is 12.0 Å². The Kier molecular flexibility index (Phi) is 4.03. The van der Waals surface area contributed by atoms with Gasteiger partial charge in [0, 0.05) is 11.4 Å². The Morgan fingerprint density at radius 2 is 1.94 bits per heavy atom. The van der Waals surface area contributed by atoms with Gasteiger partial charge in [0.1, 0.15) is 0 Å². The summed E-state index contributed by atoms with van der Waals surface area (Å²) in [6.07, 6.45) is 10.9. The van der Waals surface area contributed by atoms with E-state index in [0.29, 0.717) is 0 Å². The molecule has 0 saturated carbocycles. The van der Waals surface area contributed by atoms with E-state index < -0.39 is 0 Å². The molecule has 0 unspecified atom stereocenters. The fourth-order valence-electron chi connectivity index (χ4n) is 2.17. The van der Waals surface area contributed by atoms with Crippen molar-refractivity contribution in [2.24, 2.45) is 0 Å². The maximum absolute atomic E-state index is 3.55. The van der Waals surface area contributed by atoms with Gasteiger partial charge in [-0.3, -0.25) is 0 Å². The van der Waals surface area contributed by atoms with E-state index in [2.05, 4.69) is 68.6 Å². The van der Waals surface area contributed by atoms with Crippen molar-refractivity contribution < 1.29 is 0 Å². The summed E-state index contributed by atoms with van der Waals surface area (Å²) in [6.45, 7) is 6.41. The van der Waals surface area contributed by atoms with Gasteiger partial charge in [-0.2, -0.15) is 0 Å². The molecule has 1 aromatic rings. The summed E-state index contributed by atoms with van der Waals surface area (Å²) in [5.74, 6) is 0. The highest BCUT2D eigenvalue weighted by Crippen LogP contribution is 2.25. The van der Waals surface area contributed by atoms with E-state index in [-0.39, 0.29) is 0 Å². The number of hydrogen-bond acceptors (Lipinski definition) is 1. The van der Waals surface area contributed by atoms with Crippen LogP contribution in [-0.4, -0.2) is 0 Å². The summed E-state index contributed by atoms with van der Waals surface area (Å²) in [5, 5.41) is 3.55. The minimum Gasteiger partial charge on any atom is -0.359 e. The third kappa shape index (κ3) is 2.92. The second-order valence-corrected chi connectivity index (χ2v) is 4.85. The van der Waals surface area contributed by atoms with Gasteiger partial charge in [-0.25, -0.2) is 0 Å². The Balaban J connectivity index is 2.22. The van der Waals surface area contributed by atoms with Crippen molar-refractivity contribution in [3.8, 4) is 0 Å². The average molecular weight is 239 g/mol. The van der Waals surface area contributed by atoms with Crippen molar-refractivity contribution in [3.63, 3.8) is 0 Å². The van der Waals surface area contributed by atoms with Crippen molar-refractivity contribution in [1.29, 1.82) is 0 Å². The second-order valence-electron chi connectivity index (χ2n) is 4.85. The molecule has 0 atom stereocenters. The van der Waals surface area contributed by atoms with E-state index in [0.717, 1.165) is 12.8 Å². The maximum atomic E-state index is 3.55. The summed E-state index contributed by atoms with van der Waals surface area (Å²) in [5.41, 5.74) is 6.57. The summed E-state index contributed by atoms with van der Waals surface area (Å²) in [6, 6.07) is 6.41. The minimum absolute atomic E-state index is 1.11. The summed E-state index contributed by atoms with van der Waals surface area (Å²) >= 11 is 0. The third-order valence-corrected chi connectivity index (χ3v) is 3.37.